The van der Waals surface area contributed by atoms with E-state index in [1.807, 2.05) is 0 Å². The Morgan fingerprint density at radius 1 is 1.56 bits per heavy atom. The number of rotatable bonds is 2. The van der Waals surface area contributed by atoms with E-state index in [4.69, 9.17) is 15.9 Å². The number of aromatic nitrogens is 1. The summed E-state index contributed by atoms with van der Waals surface area (Å²) in [5.41, 5.74) is -1.46. The maximum absolute atomic E-state index is 12.6. The Hall–Kier alpha value is -1.26. The topological polar surface area (TPSA) is 70.8 Å². The molecule has 86 valence electrons. The largest absolute Gasteiger partial charge is 0.266 e. The highest BCUT2D eigenvalue weighted by molar-refractivity contribution is 8.13. The van der Waals surface area contributed by atoms with E-state index in [2.05, 4.69) is 4.98 Å². The lowest BCUT2D eigenvalue weighted by Gasteiger charge is -2.09. The minimum absolute atomic E-state index is 0.253. The van der Waals surface area contributed by atoms with Crippen molar-refractivity contribution in [1.29, 1.82) is 5.26 Å². The van der Waals surface area contributed by atoms with Gasteiger partial charge in [0.25, 0.3) is 15.5 Å². The summed E-state index contributed by atoms with van der Waals surface area (Å²) in [5, 5.41) is 8.56. The van der Waals surface area contributed by atoms with E-state index in [-0.39, 0.29) is 5.56 Å². The monoisotopic (exact) mass is 266 g/mol. The zero-order valence-corrected chi connectivity index (χ0v) is 9.48. The molecule has 16 heavy (non-hydrogen) atoms. The first-order valence-electron chi connectivity index (χ1n) is 3.91. The second-order valence-electron chi connectivity index (χ2n) is 2.86. The first kappa shape index (κ1) is 12.8. The molecule has 0 N–H and O–H groups in total. The summed E-state index contributed by atoms with van der Waals surface area (Å²) in [6.07, 6.45) is -2.19. The van der Waals surface area contributed by atoms with Gasteiger partial charge in [-0.2, -0.15) is 5.26 Å². The number of nitrogens with zero attached hydrogens (tertiary/aromatic N) is 2. The fraction of sp³-hybridized carbons (Fsp3) is 0.250. The third-order valence-electron chi connectivity index (χ3n) is 1.93. The molecule has 0 saturated heterocycles. The van der Waals surface area contributed by atoms with Crippen molar-refractivity contribution < 1.29 is 17.2 Å². The Labute approximate surface area is 94.9 Å². The lowest BCUT2D eigenvalue weighted by molar-refractivity contribution is 0.149. The molecule has 0 saturated carbocycles. The molecule has 8 heteroatoms. The summed E-state index contributed by atoms with van der Waals surface area (Å²) in [6, 6.07) is 1.47. The molecule has 0 aliphatic carbocycles. The minimum Gasteiger partial charge on any atom is -0.244 e. The molecule has 0 amide bonds. The molecule has 1 aromatic rings. The molecular formula is C8H5ClF2N2O2S. The average molecular weight is 267 g/mol. The number of alkyl halides is 2. The Kier molecular flexibility index (Phi) is 3.45. The Morgan fingerprint density at radius 3 is 2.50 bits per heavy atom. The Balaban J connectivity index is 3.65. The van der Waals surface area contributed by atoms with Crippen molar-refractivity contribution in [2.45, 2.75) is 18.2 Å². The Morgan fingerprint density at radius 2 is 2.12 bits per heavy atom. The van der Waals surface area contributed by atoms with E-state index in [0.717, 1.165) is 13.1 Å². The fourth-order valence-corrected chi connectivity index (χ4v) is 2.32. The van der Waals surface area contributed by atoms with Gasteiger partial charge in [0.05, 0.1) is 5.56 Å². The van der Waals surface area contributed by atoms with Crippen LogP contribution in [0.25, 0.3) is 0 Å². The average Bonchev–Trinajstić information content (AvgIpc) is 2.14. The normalized spacial score (nSPS) is 11.5. The molecule has 0 aromatic carbocycles. The van der Waals surface area contributed by atoms with Crippen molar-refractivity contribution in [2.24, 2.45) is 0 Å². The van der Waals surface area contributed by atoms with Gasteiger partial charge in [0.15, 0.2) is 0 Å². The number of hydrogen-bond acceptors (Lipinski definition) is 4. The van der Waals surface area contributed by atoms with Crippen LogP contribution in [0.5, 0.6) is 0 Å². The van der Waals surface area contributed by atoms with E-state index in [1.165, 1.54) is 6.07 Å². The molecule has 0 bridgehead atoms. The summed E-state index contributed by atoms with van der Waals surface area (Å²) in [6.45, 7) is 1.15. The van der Waals surface area contributed by atoms with Gasteiger partial charge >= 0.3 is 0 Å². The highest BCUT2D eigenvalue weighted by atomic mass is 35.7. The molecule has 1 aromatic heterocycles. The molecule has 1 heterocycles. The maximum Gasteiger partial charge on any atom is 0.266 e. The van der Waals surface area contributed by atoms with Crippen LogP contribution >= 0.6 is 10.7 Å². The molecule has 4 nitrogen and oxygen atoms in total. The summed E-state index contributed by atoms with van der Waals surface area (Å²) in [7, 11) is 0.893. The number of nitriles is 1. The zero-order chi connectivity index (χ0) is 12.5. The standard InChI is InChI=1S/C8H5ClF2N2O2S/c1-4-6(16(9,14)15)3-13-5(2-12)7(4)8(10)11/h3,8H,1H3. The van der Waals surface area contributed by atoms with Gasteiger partial charge in [-0.25, -0.2) is 22.2 Å². The van der Waals surface area contributed by atoms with Gasteiger partial charge in [-0.05, 0) is 12.5 Å². The second kappa shape index (κ2) is 4.31. The molecular weight excluding hydrogens is 262 g/mol. The molecule has 0 spiro atoms. The lowest BCUT2D eigenvalue weighted by atomic mass is 10.1. The SMILES string of the molecule is Cc1c(S(=O)(=O)Cl)cnc(C#N)c1C(F)F. The molecule has 0 aliphatic heterocycles. The maximum atomic E-state index is 12.6. The third kappa shape index (κ3) is 2.28. The van der Waals surface area contributed by atoms with E-state index < -0.39 is 31.6 Å². The summed E-state index contributed by atoms with van der Waals surface area (Å²) < 4.78 is 47.3. The molecule has 1 rings (SSSR count). The number of hydrogen-bond donors (Lipinski definition) is 0. The Bertz CT molecular complexity index is 566. The molecule has 0 unspecified atom stereocenters. The highest BCUT2D eigenvalue weighted by Crippen LogP contribution is 2.30. The van der Waals surface area contributed by atoms with E-state index in [1.54, 1.807) is 0 Å². The predicted molar refractivity (Wildman–Crippen MR) is 51.7 cm³/mol. The predicted octanol–water partition coefficient (Wildman–Crippen LogP) is 2.13. The van der Waals surface area contributed by atoms with Gasteiger partial charge in [0, 0.05) is 16.9 Å². The van der Waals surface area contributed by atoms with E-state index in [0.29, 0.717) is 0 Å². The van der Waals surface area contributed by atoms with E-state index >= 15 is 0 Å². The molecule has 0 radical (unpaired) electrons. The van der Waals surface area contributed by atoms with Gasteiger partial charge in [0.1, 0.15) is 16.7 Å². The first-order chi connectivity index (χ1) is 7.29. The van der Waals surface area contributed by atoms with Crippen LogP contribution < -0.4 is 0 Å². The van der Waals surface area contributed by atoms with Gasteiger partial charge in [0.2, 0.25) is 0 Å². The van der Waals surface area contributed by atoms with Crippen molar-refractivity contribution in [2.75, 3.05) is 0 Å². The zero-order valence-electron chi connectivity index (χ0n) is 7.91. The smallest absolute Gasteiger partial charge is 0.244 e. The van der Waals surface area contributed by atoms with Crippen molar-refractivity contribution in [3.05, 3.63) is 23.0 Å². The molecule has 0 fully saturated rings. The highest BCUT2D eigenvalue weighted by Gasteiger charge is 2.24. The van der Waals surface area contributed by atoms with Gasteiger partial charge in [-0.3, -0.25) is 0 Å². The van der Waals surface area contributed by atoms with E-state index in [9.17, 15) is 17.2 Å². The van der Waals surface area contributed by atoms with Crippen LogP contribution in [0.15, 0.2) is 11.1 Å². The van der Waals surface area contributed by atoms with Gasteiger partial charge in [-0.15, -0.1) is 0 Å². The molecule has 0 aliphatic rings. The van der Waals surface area contributed by atoms with Crippen LogP contribution in [0.1, 0.15) is 23.2 Å². The van der Waals surface area contributed by atoms with Crippen LogP contribution in [-0.4, -0.2) is 13.4 Å². The fourth-order valence-electron chi connectivity index (χ4n) is 1.20. The van der Waals surface area contributed by atoms with Crippen LogP contribution in [0, 0.1) is 18.3 Å². The van der Waals surface area contributed by atoms with Crippen LogP contribution in [0.2, 0.25) is 0 Å². The first-order valence-corrected chi connectivity index (χ1v) is 6.22. The van der Waals surface area contributed by atoms with Crippen molar-refractivity contribution in [3.8, 4) is 6.07 Å². The third-order valence-corrected chi connectivity index (χ3v) is 3.36. The quantitative estimate of drug-likeness (QED) is 0.769. The van der Waals surface area contributed by atoms with Crippen LogP contribution in [0.3, 0.4) is 0 Å². The summed E-state index contributed by atoms with van der Waals surface area (Å²) in [4.78, 5) is 2.83. The summed E-state index contributed by atoms with van der Waals surface area (Å²) in [5.74, 6) is 0. The lowest BCUT2D eigenvalue weighted by Crippen LogP contribution is -2.04. The van der Waals surface area contributed by atoms with Crippen molar-refractivity contribution in [1.82, 2.24) is 4.98 Å². The van der Waals surface area contributed by atoms with Gasteiger partial charge in [-0.1, -0.05) is 0 Å². The van der Waals surface area contributed by atoms with Crippen LogP contribution in [0.4, 0.5) is 8.78 Å². The molecule has 0 atom stereocenters. The summed E-state index contributed by atoms with van der Waals surface area (Å²) >= 11 is 0. The van der Waals surface area contributed by atoms with Crippen LogP contribution in [-0.2, 0) is 9.05 Å². The van der Waals surface area contributed by atoms with Crippen molar-refractivity contribution >= 4 is 19.7 Å². The second-order valence-corrected chi connectivity index (χ2v) is 5.39. The minimum atomic E-state index is -4.15. The van der Waals surface area contributed by atoms with Gasteiger partial charge < -0.3 is 0 Å². The number of halogens is 3. The number of pyridine rings is 1. The van der Waals surface area contributed by atoms with Crippen molar-refractivity contribution in [3.63, 3.8) is 0 Å².